The van der Waals surface area contributed by atoms with Gasteiger partial charge < -0.3 is 19.4 Å². The highest BCUT2D eigenvalue weighted by Crippen LogP contribution is 2.26. The zero-order chi connectivity index (χ0) is 22.9. The van der Waals surface area contributed by atoms with Crippen LogP contribution in [0.1, 0.15) is 15.9 Å². The van der Waals surface area contributed by atoms with Crippen molar-refractivity contribution in [3.05, 3.63) is 77.6 Å². The Bertz CT molecular complexity index is 1260. The van der Waals surface area contributed by atoms with E-state index in [0.29, 0.717) is 16.5 Å². The summed E-state index contributed by atoms with van der Waals surface area (Å²) >= 11 is 0. The molecule has 1 amide bonds. The van der Waals surface area contributed by atoms with Gasteiger partial charge in [-0.25, -0.2) is 4.79 Å². The number of hydrogen-bond donors (Lipinski definition) is 1. The molecule has 0 spiro atoms. The summed E-state index contributed by atoms with van der Waals surface area (Å²) in [7, 11) is 0. The number of ether oxygens (including phenoxy) is 2. The van der Waals surface area contributed by atoms with Crippen LogP contribution < -0.4 is 10.1 Å². The molecule has 4 rings (SSSR count). The van der Waals surface area contributed by atoms with E-state index >= 15 is 0 Å². The molecule has 0 radical (unpaired) electrons. The van der Waals surface area contributed by atoms with Gasteiger partial charge in [-0.1, -0.05) is 30.3 Å². The van der Waals surface area contributed by atoms with Crippen LogP contribution in [0.15, 0.2) is 66.5 Å². The third-order valence-corrected chi connectivity index (χ3v) is 4.66. The van der Waals surface area contributed by atoms with Crippen LogP contribution in [0.2, 0.25) is 0 Å². The van der Waals surface area contributed by atoms with Crippen molar-refractivity contribution in [1.29, 1.82) is 0 Å². The van der Waals surface area contributed by atoms with Gasteiger partial charge in [0.15, 0.2) is 0 Å². The van der Waals surface area contributed by atoms with Crippen molar-refractivity contribution < 1.29 is 37.0 Å². The number of fused-ring (bicyclic) bond motifs is 1. The lowest BCUT2D eigenvalue weighted by Gasteiger charge is -2.11. The van der Waals surface area contributed by atoms with E-state index in [0.717, 1.165) is 6.08 Å². The molecule has 3 aromatic rings. The Morgan fingerprint density at radius 1 is 1.12 bits per heavy atom. The van der Waals surface area contributed by atoms with Crippen LogP contribution in [0, 0.1) is 0 Å². The number of halogens is 3. The molecule has 0 atom stereocenters. The summed E-state index contributed by atoms with van der Waals surface area (Å²) in [6.45, 7) is 0.00785. The number of hydrogen-bond acceptors (Lipinski definition) is 5. The lowest BCUT2D eigenvalue weighted by Crippen LogP contribution is -2.31. The normalized spacial score (nSPS) is 13.6. The third kappa shape index (κ3) is 4.64. The molecule has 164 valence electrons. The van der Waals surface area contributed by atoms with Gasteiger partial charge in [0.2, 0.25) is 0 Å². The number of ketones is 1. The van der Waals surface area contributed by atoms with Crippen molar-refractivity contribution in [3.63, 3.8) is 0 Å². The van der Waals surface area contributed by atoms with Crippen molar-refractivity contribution in [2.75, 3.05) is 6.61 Å². The number of carbonyl (C=O) groups is 3. The number of benzene rings is 2. The topological polar surface area (TPSA) is 86.6 Å². The smallest absolute Gasteiger partial charge is 0.456 e. The van der Waals surface area contributed by atoms with Crippen LogP contribution in [0.25, 0.3) is 10.9 Å². The van der Waals surface area contributed by atoms with Gasteiger partial charge in [-0.3, -0.25) is 9.59 Å². The molecule has 7 nitrogen and oxygen atoms in total. The number of alkyl halides is 3. The fourth-order valence-corrected chi connectivity index (χ4v) is 3.37. The zero-order valence-corrected chi connectivity index (χ0v) is 16.3. The first kappa shape index (κ1) is 21.2. The number of nitrogens with zero attached hydrogens (tertiary/aromatic N) is 1. The molecule has 1 aliphatic rings. The fourth-order valence-electron chi connectivity index (χ4n) is 3.37. The van der Waals surface area contributed by atoms with Gasteiger partial charge in [-0.05, 0) is 23.8 Å². The van der Waals surface area contributed by atoms with E-state index in [1.165, 1.54) is 24.4 Å². The largest absolute Gasteiger partial charge is 0.573 e. The SMILES string of the molecule is O=C1C=C(NC(=O)C(=O)c2cn(Cc3cccc(OC(F)(F)F)c3)c3ccccc23)CO1. The molecular weight excluding hydrogens is 429 g/mol. The minimum atomic E-state index is -4.81. The summed E-state index contributed by atoms with van der Waals surface area (Å²) in [6, 6.07) is 12.3. The molecule has 2 aromatic carbocycles. The van der Waals surface area contributed by atoms with Gasteiger partial charge in [0.25, 0.3) is 11.7 Å². The Morgan fingerprint density at radius 2 is 1.91 bits per heavy atom. The average molecular weight is 444 g/mol. The molecule has 2 heterocycles. The predicted molar refractivity (Wildman–Crippen MR) is 106 cm³/mol. The lowest BCUT2D eigenvalue weighted by atomic mass is 10.1. The first-order valence-corrected chi connectivity index (χ1v) is 9.35. The van der Waals surface area contributed by atoms with E-state index in [1.54, 1.807) is 34.9 Å². The Morgan fingerprint density at radius 3 is 2.62 bits per heavy atom. The molecule has 32 heavy (non-hydrogen) atoms. The number of carbonyl (C=O) groups excluding carboxylic acids is 3. The van der Waals surface area contributed by atoms with Crippen LogP contribution in [0.3, 0.4) is 0 Å². The number of esters is 1. The first-order valence-electron chi connectivity index (χ1n) is 9.35. The fraction of sp³-hybridized carbons (Fsp3) is 0.136. The van der Waals surface area contributed by atoms with Crippen molar-refractivity contribution in [2.24, 2.45) is 0 Å². The highest BCUT2D eigenvalue weighted by Gasteiger charge is 2.31. The second-order valence-electron chi connectivity index (χ2n) is 6.94. The molecule has 0 unspecified atom stereocenters. The van der Waals surface area contributed by atoms with E-state index < -0.39 is 24.0 Å². The zero-order valence-electron chi connectivity index (χ0n) is 16.3. The Kier molecular flexibility index (Phi) is 5.43. The second kappa shape index (κ2) is 8.22. The van der Waals surface area contributed by atoms with Crippen molar-refractivity contribution in [1.82, 2.24) is 9.88 Å². The van der Waals surface area contributed by atoms with E-state index in [9.17, 15) is 27.6 Å². The second-order valence-corrected chi connectivity index (χ2v) is 6.94. The lowest BCUT2D eigenvalue weighted by molar-refractivity contribution is -0.274. The number of cyclic esters (lactones) is 1. The summed E-state index contributed by atoms with van der Waals surface area (Å²) in [5.41, 5.74) is 1.41. The molecule has 1 aromatic heterocycles. The van der Waals surface area contributed by atoms with E-state index in [1.807, 2.05) is 0 Å². The average Bonchev–Trinajstić information content (AvgIpc) is 3.30. The molecule has 0 saturated heterocycles. The minimum Gasteiger partial charge on any atom is -0.456 e. The number of Topliss-reactive ketones (excluding diaryl/α,β-unsaturated/α-hetero) is 1. The molecule has 1 N–H and O–H groups in total. The predicted octanol–water partition coefficient (Wildman–Crippen LogP) is 3.33. The standard InChI is InChI=1S/C22H15F3N2O5/c23-22(24,25)32-15-5-3-4-13(8-15)10-27-11-17(16-6-1-2-7-18(16)27)20(29)21(30)26-14-9-19(28)31-12-14/h1-9,11H,10,12H2,(H,26,30). The van der Waals surface area contributed by atoms with Gasteiger partial charge in [-0.15, -0.1) is 13.2 Å². The maximum atomic E-state index is 12.8. The van der Waals surface area contributed by atoms with Gasteiger partial charge in [0, 0.05) is 29.7 Å². The minimum absolute atomic E-state index is 0.117. The highest BCUT2D eigenvalue weighted by molar-refractivity contribution is 6.45. The molecule has 0 aliphatic carbocycles. The van der Waals surface area contributed by atoms with Crippen LogP contribution in [0.5, 0.6) is 5.75 Å². The van der Waals surface area contributed by atoms with Gasteiger partial charge in [0.1, 0.15) is 12.4 Å². The highest BCUT2D eigenvalue weighted by atomic mass is 19.4. The Labute approximate surface area is 179 Å². The van der Waals surface area contributed by atoms with Crippen molar-refractivity contribution in [3.8, 4) is 5.75 Å². The molecule has 0 saturated carbocycles. The van der Waals surface area contributed by atoms with Crippen molar-refractivity contribution in [2.45, 2.75) is 12.9 Å². The van der Waals surface area contributed by atoms with Crippen LogP contribution in [-0.4, -0.2) is 35.2 Å². The maximum Gasteiger partial charge on any atom is 0.573 e. The number of nitrogens with one attached hydrogen (secondary N) is 1. The van der Waals surface area contributed by atoms with Crippen LogP contribution >= 0.6 is 0 Å². The van der Waals surface area contributed by atoms with E-state index in [4.69, 9.17) is 4.74 Å². The molecule has 10 heteroatoms. The Balaban J connectivity index is 1.61. The quantitative estimate of drug-likeness (QED) is 0.358. The first-order chi connectivity index (χ1) is 15.2. The summed E-state index contributed by atoms with van der Waals surface area (Å²) in [5.74, 6) is -2.72. The Hall–Kier alpha value is -4.08. The summed E-state index contributed by atoms with van der Waals surface area (Å²) in [4.78, 5) is 36.3. The molecule has 0 bridgehead atoms. The van der Waals surface area contributed by atoms with E-state index in [-0.39, 0.29) is 30.2 Å². The summed E-state index contributed by atoms with van der Waals surface area (Å²) < 4.78 is 47.8. The maximum absolute atomic E-state index is 12.8. The third-order valence-electron chi connectivity index (χ3n) is 4.66. The van der Waals surface area contributed by atoms with Crippen molar-refractivity contribution >= 4 is 28.6 Å². The van der Waals surface area contributed by atoms with Crippen LogP contribution in [-0.2, 0) is 20.9 Å². The van der Waals surface area contributed by atoms with Gasteiger partial charge >= 0.3 is 12.3 Å². The molecule has 0 fully saturated rings. The summed E-state index contributed by atoms with van der Waals surface area (Å²) in [6.07, 6.45) is -2.25. The van der Waals surface area contributed by atoms with Crippen LogP contribution in [0.4, 0.5) is 13.2 Å². The number of aromatic nitrogens is 1. The monoisotopic (exact) mass is 444 g/mol. The van der Waals surface area contributed by atoms with E-state index in [2.05, 4.69) is 10.1 Å². The van der Waals surface area contributed by atoms with Gasteiger partial charge in [-0.2, -0.15) is 0 Å². The summed E-state index contributed by atoms with van der Waals surface area (Å²) in [5, 5.41) is 2.86. The molecular formula is C22H15F3N2O5. The van der Waals surface area contributed by atoms with Gasteiger partial charge in [0.05, 0.1) is 11.3 Å². The number of amides is 1. The molecule has 1 aliphatic heterocycles. The number of rotatable bonds is 6. The number of para-hydroxylation sites is 1.